The van der Waals surface area contributed by atoms with Gasteiger partial charge in [-0.15, -0.1) is 0 Å². The van der Waals surface area contributed by atoms with Crippen molar-refractivity contribution in [3.05, 3.63) is 0 Å². The predicted octanol–water partition coefficient (Wildman–Crippen LogP) is 1.18. The van der Waals surface area contributed by atoms with Crippen molar-refractivity contribution in [2.24, 2.45) is 0 Å². The van der Waals surface area contributed by atoms with Gasteiger partial charge in [-0.2, -0.15) is 0 Å². The molecule has 0 saturated carbocycles. The maximum Gasteiger partial charge on any atom is 0.184 e. The highest BCUT2D eigenvalue weighted by Crippen LogP contribution is 2.00. The van der Waals surface area contributed by atoms with E-state index in [0.29, 0.717) is 0 Å². The van der Waals surface area contributed by atoms with Crippen LogP contribution < -0.4 is 0 Å². The maximum absolute atomic E-state index is 5.60. The SMILES string of the molecule is C=[N+](C)CCO[Si](C)(C)C. The van der Waals surface area contributed by atoms with Crippen molar-refractivity contribution >= 4 is 15.0 Å². The van der Waals surface area contributed by atoms with E-state index in [2.05, 4.69) is 26.4 Å². The molecule has 0 spiro atoms. The van der Waals surface area contributed by atoms with Crippen LogP contribution in [0, 0.1) is 0 Å². The van der Waals surface area contributed by atoms with Crippen LogP contribution in [0.5, 0.6) is 0 Å². The van der Waals surface area contributed by atoms with Gasteiger partial charge < -0.3 is 4.43 Å². The van der Waals surface area contributed by atoms with E-state index < -0.39 is 8.32 Å². The van der Waals surface area contributed by atoms with E-state index in [9.17, 15) is 0 Å². The quantitative estimate of drug-likeness (QED) is 0.342. The van der Waals surface area contributed by atoms with Crippen LogP contribution in [0.1, 0.15) is 0 Å². The van der Waals surface area contributed by atoms with Crippen molar-refractivity contribution in [3.63, 3.8) is 0 Å². The molecule has 0 aliphatic carbocycles. The molecule has 0 aliphatic rings. The lowest BCUT2D eigenvalue weighted by Gasteiger charge is -2.15. The average molecular weight is 160 g/mol. The molecule has 0 aliphatic heterocycles. The second-order valence-corrected chi connectivity index (χ2v) is 8.05. The topological polar surface area (TPSA) is 12.2 Å². The third-order valence-corrected chi connectivity index (χ3v) is 2.08. The molecule has 0 aromatic rings. The summed E-state index contributed by atoms with van der Waals surface area (Å²) in [6, 6.07) is 0. The molecule has 0 radical (unpaired) electrons. The van der Waals surface area contributed by atoms with Crippen LogP contribution in [0.15, 0.2) is 0 Å². The van der Waals surface area contributed by atoms with Gasteiger partial charge in [-0.3, -0.25) is 0 Å². The molecule has 60 valence electrons. The van der Waals surface area contributed by atoms with Crippen LogP contribution in [0.4, 0.5) is 0 Å². The highest BCUT2D eigenvalue weighted by Gasteiger charge is 2.13. The lowest BCUT2D eigenvalue weighted by Crippen LogP contribution is -2.28. The number of likely N-dealkylation sites (N-methyl/N-ethyl adjacent to an activating group) is 1. The van der Waals surface area contributed by atoms with E-state index in [4.69, 9.17) is 4.43 Å². The maximum atomic E-state index is 5.60. The Morgan fingerprint density at radius 1 is 1.40 bits per heavy atom. The summed E-state index contributed by atoms with van der Waals surface area (Å²) in [6.45, 7) is 12.0. The minimum absolute atomic E-state index is 0.815. The first-order valence-corrected chi connectivity index (χ1v) is 6.98. The smallest absolute Gasteiger partial charge is 0.184 e. The van der Waals surface area contributed by atoms with E-state index in [0.717, 1.165) is 13.2 Å². The number of nitrogens with zero attached hydrogens (tertiary/aromatic N) is 1. The molecule has 0 bridgehead atoms. The standard InChI is InChI=1S/C7H18NOSi/c1-8(2)6-7-9-10(3,4)5/h1,6-7H2,2-5H3/q+1. The Bertz CT molecular complexity index is 117. The van der Waals surface area contributed by atoms with Crippen molar-refractivity contribution in [2.75, 3.05) is 20.2 Å². The van der Waals surface area contributed by atoms with E-state index in [1.165, 1.54) is 0 Å². The first kappa shape index (κ1) is 9.85. The number of hydrogen-bond donors (Lipinski definition) is 0. The Hall–Kier alpha value is -0.153. The van der Waals surface area contributed by atoms with Gasteiger partial charge in [0.1, 0.15) is 13.8 Å². The molecule has 0 unspecified atom stereocenters. The van der Waals surface area contributed by atoms with E-state index in [-0.39, 0.29) is 0 Å². The fraction of sp³-hybridized carbons (Fsp3) is 0.857. The molecule has 0 aromatic carbocycles. The summed E-state index contributed by atoms with van der Waals surface area (Å²) >= 11 is 0. The first-order valence-electron chi connectivity index (χ1n) is 3.57. The van der Waals surface area contributed by atoms with Crippen LogP contribution >= 0.6 is 0 Å². The summed E-state index contributed by atoms with van der Waals surface area (Å²) in [5.74, 6) is 0. The third-order valence-electron chi connectivity index (χ3n) is 1.01. The Morgan fingerprint density at radius 2 is 1.90 bits per heavy atom. The fourth-order valence-electron chi connectivity index (χ4n) is 0.508. The van der Waals surface area contributed by atoms with Crippen molar-refractivity contribution in [2.45, 2.75) is 19.6 Å². The van der Waals surface area contributed by atoms with Gasteiger partial charge in [-0.05, 0) is 19.6 Å². The minimum atomic E-state index is -1.28. The van der Waals surface area contributed by atoms with Crippen LogP contribution in [0.3, 0.4) is 0 Å². The summed E-state index contributed by atoms with van der Waals surface area (Å²) in [6.07, 6.45) is 0. The largest absolute Gasteiger partial charge is 0.411 e. The molecule has 0 fully saturated rings. The lowest BCUT2D eigenvalue weighted by molar-refractivity contribution is -0.490. The molecular weight excluding hydrogens is 142 g/mol. The van der Waals surface area contributed by atoms with Gasteiger partial charge in [0.25, 0.3) is 0 Å². The van der Waals surface area contributed by atoms with Gasteiger partial charge in [0.2, 0.25) is 0 Å². The number of hydrogen-bond acceptors (Lipinski definition) is 1. The van der Waals surface area contributed by atoms with E-state index in [1.807, 2.05) is 11.6 Å². The Balaban J connectivity index is 3.29. The second kappa shape index (κ2) is 3.88. The summed E-state index contributed by atoms with van der Waals surface area (Å²) < 4.78 is 7.49. The Morgan fingerprint density at radius 3 is 2.20 bits per heavy atom. The molecule has 0 aromatic heterocycles. The van der Waals surface area contributed by atoms with Gasteiger partial charge in [0.15, 0.2) is 14.9 Å². The highest BCUT2D eigenvalue weighted by atomic mass is 28.4. The molecule has 0 saturated heterocycles. The van der Waals surface area contributed by atoms with Crippen LogP contribution in [0.25, 0.3) is 0 Å². The zero-order chi connectivity index (χ0) is 8.20. The van der Waals surface area contributed by atoms with Gasteiger partial charge in [-0.25, -0.2) is 4.58 Å². The van der Waals surface area contributed by atoms with Gasteiger partial charge in [-0.1, -0.05) is 0 Å². The Kier molecular flexibility index (Phi) is 3.82. The van der Waals surface area contributed by atoms with Gasteiger partial charge >= 0.3 is 0 Å². The molecule has 3 heteroatoms. The zero-order valence-electron chi connectivity index (χ0n) is 7.48. The zero-order valence-corrected chi connectivity index (χ0v) is 8.48. The lowest BCUT2D eigenvalue weighted by atomic mass is 10.7. The van der Waals surface area contributed by atoms with Crippen LogP contribution in [0.2, 0.25) is 19.6 Å². The van der Waals surface area contributed by atoms with E-state index in [1.54, 1.807) is 0 Å². The van der Waals surface area contributed by atoms with Crippen molar-refractivity contribution in [3.8, 4) is 0 Å². The molecular formula is C7H18NOSi+. The predicted molar refractivity (Wildman–Crippen MR) is 47.5 cm³/mol. The molecule has 10 heavy (non-hydrogen) atoms. The molecule has 0 amide bonds. The molecule has 0 N–H and O–H groups in total. The highest BCUT2D eigenvalue weighted by molar-refractivity contribution is 6.69. The summed E-state index contributed by atoms with van der Waals surface area (Å²) in [4.78, 5) is 0. The van der Waals surface area contributed by atoms with Crippen molar-refractivity contribution < 1.29 is 9.00 Å². The van der Waals surface area contributed by atoms with E-state index >= 15 is 0 Å². The van der Waals surface area contributed by atoms with Crippen LogP contribution in [-0.2, 0) is 4.43 Å². The average Bonchev–Trinajstić information content (AvgIpc) is 1.59. The Labute approximate surface area is 64.7 Å². The first-order chi connectivity index (χ1) is 4.42. The number of rotatable bonds is 4. The normalized spacial score (nSPS) is 11.6. The van der Waals surface area contributed by atoms with Crippen LogP contribution in [-0.4, -0.2) is 39.8 Å². The molecule has 0 rings (SSSR count). The molecule has 0 heterocycles. The minimum Gasteiger partial charge on any atom is -0.411 e. The summed E-state index contributed by atoms with van der Waals surface area (Å²) in [5.41, 5.74) is 0. The van der Waals surface area contributed by atoms with Gasteiger partial charge in [0, 0.05) is 0 Å². The third kappa shape index (κ3) is 7.85. The summed E-state index contributed by atoms with van der Waals surface area (Å²) in [5, 5.41) is 0. The molecule has 2 nitrogen and oxygen atoms in total. The van der Waals surface area contributed by atoms with Crippen molar-refractivity contribution in [1.82, 2.24) is 0 Å². The molecule has 0 atom stereocenters. The summed E-state index contributed by atoms with van der Waals surface area (Å²) in [7, 11) is 0.673. The van der Waals surface area contributed by atoms with Gasteiger partial charge in [0.05, 0.1) is 6.61 Å². The second-order valence-electron chi connectivity index (χ2n) is 3.54. The van der Waals surface area contributed by atoms with Crippen molar-refractivity contribution in [1.29, 1.82) is 0 Å². The fourth-order valence-corrected chi connectivity index (χ4v) is 1.21. The monoisotopic (exact) mass is 160 g/mol.